The van der Waals surface area contributed by atoms with Gasteiger partial charge in [-0.25, -0.2) is 0 Å². The molecule has 0 aromatic heterocycles. The van der Waals surface area contributed by atoms with Crippen LogP contribution < -0.4 is 10.6 Å². The minimum atomic E-state index is -0.162. The van der Waals surface area contributed by atoms with Crippen molar-refractivity contribution in [1.29, 1.82) is 0 Å². The second-order valence-corrected chi connectivity index (χ2v) is 6.63. The fraction of sp³-hybridized carbons (Fsp3) is 0.450. The fourth-order valence-electron chi connectivity index (χ4n) is 3.39. The highest BCUT2D eigenvalue weighted by molar-refractivity contribution is 5.97. The number of anilines is 1. The van der Waals surface area contributed by atoms with Crippen LogP contribution in [-0.2, 0) is 4.79 Å². The Labute approximate surface area is 138 Å². The molecule has 0 radical (unpaired) electrons. The number of rotatable bonds is 4. The Bertz CT molecular complexity index is 659. The number of hydrogen-bond donors (Lipinski definition) is 2. The van der Waals surface area contributed by atoms with Gasteiger partial charge in [0.05, 0.1) is 6.04 Å². The van der Waals surface area contributed by atoms with Gasteiger partial charge in [-0.2, -0.15) is 0 Å². The molecule has 0 heterocycles. The second kappa shape index (κ2) is 7.60. The maximum atomic E-state index is 12.4. The molecular formula is C20H26N2O. The summed E-state index contributed by atoms with van der Waals surface area (Å²) in [5.41, 5.74) is 0.864. The first-order chi connectivity index (χ1) is 11.2. The Kier molecular flexibility index (Phi) is 5.29. The van der Waals surface area contributed by atoms with Crippen LogP contribution >= 0.6 is 0 Å². The van der Waals surface area contributed by atoms with Crippen LogP contribution in [0.15, 0.2) is 42.5 Å². The van der Waals surface area contributed by atoms with Crippen LogP contribution in [0.4, 0.5) is 5.69 Å². The molecule has 2 aromatic carbocycles. The van der Waals surface area contributed by atoms with Crippen LogP contribution in [0.5, 0.6) is 0 Å². The van der Waals surface area contributed by atoms with Gasteiger partial charge in [0.15, 0.2) is 0 Å². The van der Waals surface area contributed by atoms with Gasteiger partial charge < -0.3 is 10.6 Å². The van der Waals surface area contributed by atoms with E-state index in [2.05, 4.69) is 22.8 Å². The highest BCUT2D eigenvalue weighted by atomic mass is 16.2. The van der Waals surface area contributed by atoms with Gasteiger partial charge in [0, 0.05) is 11.7 Å². The van der Waals surface area contributed by atoms with Crippen molar-refractivity contribution in [2.45, 2.75) is 57.5 Å². The molecule has 2 N–H and O–H groups in total. The number of amides is 1. The van der Waals surface area contributed by atoms with E-state index in [1.807, 2.05) is 37.3 Å². The number of hydrogen-bond acceptors (Lipinski definition) is 2. The minimum Gasteiger partial charge on any atom is -0.325 e. The molecule has 3 rings (SSSR count). The maximum Gasteiger partial charge on any atom is 0.241 e. The van der Waals surface area contributed by atoms with Crippen LogP contribution in [0.1, 0.15) is 45.4 Å². The third-order valence-electron chi connectivity index (χ3n) is 4.75. The summed E-state index contributed by atoms with van der Waals surface area (Å²) in [7, 11) is 0. The number of fused-ring (bicyclic) bond motifs is 1. The van der Waals surface area contributed by atoms with Crippen LogP contribution in [-0.4, -0.2) is 18.0 Å². The van der Waals surface area contributed by atoms with E-state index in [0.29, 0.717) is 6.04 Å². The van der Waals surface area contributed by atoms with Gasteiger partial charge in [0.2, 0.25) is 5.91 Å². The fourth-order valence-corrected chi connectivity index (χ4v) is 3.39. The van der Waals surface area contributed by atoms with Crippen LogP contribution in [0.25, 0.3) is 10.8 Å². The monoisotopic (exact) mass is 310 g/mol. The van der Waals surface area contributed by atoms with Crippen molar-refractivity contribution >= 4 is 22.4 Å². The van der Waals surface area contributed by atoms with Gasteiger partial charge in [-0.3, -0.25) is 4.79 Å². The van der Waals surface area contributed by atoms with Gasteiger partial charge >= 0.3 is 0 Å². The molecule has 122 valence electrons. The molecule has 1 atom stereocenters. The minimum absolute atomic E-state index is 0.0459. The molecule has 1 saturated carbocycles. The first-order valence-electron chi connectivity index (χ1n) is 8.78. The van der Waals surface area contributed by atoms with E-state index >= 15 is 0 Å². The second-order valence-electron chi connectivity index (χ2n) is 6.63. The van der Waals surface area contributed by atoms with Gasteiger partial charge in [0.1, 0.15) is 0 Å². The van der Waals surface area contributed by atoms with Crippen molar-refractivity contribution < 1.29 is 4.79 Å². The quantitative estimate of drug-likeness (QED) is 0.818. The first kappa shape index (κ1) is 16.0. The van der Waals surface area contributed by atoms with Crippen molar-refractivity contribution in [1.82, 2.24) is 5.32 Å². The number of benzene rings is 2. The summed E-state index contributed by atoms with van der Waals surface area (Å²) in [6.45, 7) is 1.96. The van der Waals surface area contributed by atoms with Crippen molar-refractivity contribution in [3.63, 3.8) is 0 Å². The molecule has 1 aliphatic carbocycles. The average Bonchev–Trinajstić information content (AvgIpc) is 2.83. The lowest BCUT2D eigenvalue weighted by atomic mass is 10.1. The number of carbonyl (C=O) groups excluding carboxylic acids is 1. The van der Waals surface area contributed by atoms with Crippen LogP contribution in [0.2, 0.25) is 0 Å². The molecule has 0 unspecified atom stereocenters. The van der Waals surface area contributed by atoms with E-state index < -0.39 is 0 Å². The molecule has 0 saturated heterocycles. The molecule has 23 heavy (non-hydrogen) atoms. The Hall–Kier alpha value is -1.87. The third-order valence-corrected chi connectivity index (χ3v) is 4.75. The summed E-state index contributed by atoms with van der Waals surface area (Å²) in [6, 6.07) is 14.6. The van der Waals surface area contributed by atoms with Gasteiger partial charge in [0.25, 0.3) is 0 Å². The Balaban J connectivity index is 1.60. The van der Waals surface area contributed by atoms with E-state index in [1.54, 1.807) is 0 Å². The van der Waals surface area contributed by atoms with Crippen molar-refractivity contribution in [2.75, 3.05) is 5.32 Å². The van der Waals surface area contributed by atoms with E-state index in [9.17, 15) is 4.79 Å². The lowest BCUT2D eigenvalue weighted by Gasteiger charge is -2.21. The first-order valence-corrected chi connectivity index (χ1v) is 8.78. The summed E-state index contributed by atoms with van der Waals surface area (Å²) in [5, 5.41) is 8.88. The van der Waals surface area contributed by atoms with Crippen LogP contribution in [0.3, 0.4) is 0 Å². The summed E-state index contributed by atoms with van der Waals surface area (Å²) in [6.07, 6.45) is 7.58. The lowest BCUT2D eigenvalue weighted by molar-refractivity contribution is -0.118. The van der Waals surface area contributed by atoms with Crippen molar-refractivity contribution in [2.24, 2.45) is 0 Å². The van der Waals surface area contributed by atoms with E-state index in [1.165, 1.54) is 43.9 Å². The van der Waals surface area contributed by atoms with Crippen molar-refractivity contribution in [3.05, 3.63) is 42.5 Å². The van der Waals surface area contributed by atoms with Gasteiger partial charge in [-0.05, 0) is 42.7 Å². The zero-order valence-corrected chi connectivity index (χ0v) is 13.8. The lowest BCUT2D eigenvalue weighted by Crippen LogP contribution is -2.43. The van der Waals surface area contributed by atoms with Gasteiger partial charge in [-0.15, -0.1) is 0 Å². The molecule has 1 amide bonds. The molecule has 3 heteroatoms. The normalized spacial score (nSPS) is 17.6. The maximum absolute atomic E-state index is 12.4. The highest BCUT2D eigenvalue weighted by Crippen LogP contribution is 2.20. The van der Waals surface area contributed by atoms with E-state index in [0.717, 1.165) is 11.1 Å². The molecule has 1 aliphatic rings. The predicted octanol–water partition coefficient (Wildman–Crippen LogP) is 4.48. The van der Waals surface area contributed by atoms with Crippen LogP contribution in [0, 0.1) is 0 Å². The summed E-state index contributed by atoms with van der Waals surface area (Å²) >= 11 is 0. The highest BCUT2D eigenvalue weighted by Gasteiger charge is 2.19. The van der Waals surface area contributed by atoms with E-state index in [4.69, 9.17) is 0 Å². The molecule has 2 aromatic rings. The largest absolute Gasteiger partial charge is 0.325 e. The summed E-state index contributed by atoms with van der Waals surface area (Å²) < 4.78 is 0. The van der Waals surface area contributed by atoms with E-state index in [-0.39, 0.29) is 11.9 Å². The molecule has 0 aliphatic heterocycles. The molecule has 1 fully saturated rings. The predicted molar refractivity (Wildman–Crippen MR) is 96.7 cm³/mol. The smallest absolute Gasteiger partial charge is 0.241 e. The molecule has 3 nitrogen and oxygen atoms in total. The Morgan fingerprint density at radius 1 is 1.00 bits per heavy atom. The molecule has 0 spiro atoms. The zero-order valence-electron chi connectivity index (χ0n) is 13.8. The number of carbonyl (C=O) groups is 1. The zero-order chi connectivity index (χ0) is 16.1. The SMILES string of the molecule is C[C@@H](NC1CCCCCC1)C(=O)Nc1ccc2ccccc2c1. The average molecular weight is 310 g/mol. The Morgan fingerprint density at radius 2 is 1.70 bits per heavy atom. The number of nitrogens with one attached hydrogen (secondary N) is 2. The standard InChI is InChI=1S/C20H26N2O/c1-15(21-18-10-4-2-3-5-11-18)20(23)22-19-13-12-16-8-6-7-9-17(16)14-19/h6-9,12-15,18,21H,2-5,10-11H2,1H3,(H,22,23)/t15-/m1/s1. The Morgan fingerprint density at radius 3 is 2.43 bits per heavy atom. The third kappa shape index (κ3) is 4.32. The molecular weight excluding hydrogens is 284 g/mol. The summed E-state index contributed by atoms with van der Waals surface area (Å²) in [4.78, 5) is 12.4. The van der Waals surface area contributed by atoms with Gasteiger partial charge in [-0.1, -0.05) is 56.0 Å². The molecule has 0 bridgehead atoms. The summed E-state index contributed by atoms with van der Waals surface area (Å²) in [5.74, 6) is 0.0459. The van der Waals surface area contributed by atoms with Crippen molar-refractivity contribution in [3.8, 4) is 0 Å². The topological polar surface area (TPSA) is 41.1 Å².